The summed E-state index contributed by atoms with van der Waals surface area (Å²) in [5.74, 6) is -2.19. The number of ether oxygens (including phenoxy) is 2. The highest BCUT2D eigenvalue weighted by Crippen LogP contribution is 2.58. The first-order chi connectivity index (χ1) is 9.82. The fourth-order valence-corrected chi connectivity index (χ4v) is 4.18. The lowest BCUT2D eigenvalue weighted by atomic mass is 9.54. The molecule has 2 bridgehead atoms. The van der Waals surface area contributed by atoms with Gasteiger partial charge in [-0.1, -0.05) is 12.2 Å². The largest absolute Gasteiger partial charge is 0.431 e. The zero-order valence-electron chi connectivity index (χ0n) is 12.3. The average Bonchev–Trinajstić information content (AvgIpc) is 2.69. The van der Waals surface area contributed by atoms with Gasteiger partial charge < -0.3 is 9.47 Å². The van der Waals surface area contributed by atoms with E-state index in [0.29, 0.717) is 5.76 Å². The molecular weight excluding hydrogens is 272 g/mol. The Morgan fingerprint density at radius 1 is 1.19 bits per heavy atom. The second-order valence-corrected chi connectivity index (χ2v) is 6.25. The lowest BCUT2D eigenvalue weighted by molar-refractivity contribution is -0.154. The van der Waals surface area contributed by atoms with Gasteiger partial charge in [0.2, 0.25) is 0 Å². The monoisotopic (exact) mass is 290 g/mol. The number of hydrogen-bond acceptors (Lipinski definition) is 5. The van der Waals surface area contributed by atoms with Crippen LogP contribution in [-0.4, -0.2) is 17.9 Å². The predicted octanol–water partition coefficient (Wildman–Crippen LogP) is 1.98. The minimum absolute atomic E-state index is 0.0350. The summed E-state index contributed by atoms with van der Waals surface area (Å²) in [6.45, 7) is 9.11. The molecule has 5 unspecified atom stereocenters. The second-order valence-electron chi connectivity index (χ2n) is 6.25. The summed E-state index contributed by atoms with van der Waals surface area (Å²) in [5.41, 5.74) is 1.83. The molecule has 0 spiro atoms. The van der Waals surface area contributed by atoms with E-state index in [4.69, 9.17) is 9.47 Å². The van der Waals surface area contributed by atoms with E-state index in [1.54, 1.807) is 0 Å². The van der Waals surface area contributed by atoms with Gasteiger partial charge in [-0.3, -0.25) is 14.4 Å². The smallest absolute Gasteiger partial charge is 0.318 e. The maximum absolute atomic E-state index is 12.1. The van der Waals surface area contributed by atoms with Crippen molar-refractivity contribution in [3.05, 3.63) is 23.5 Å². The Morgan fingerprint density at radius 2 is 1.81 bits per heavy atom. The van der Waals surface area contributed by atoms with Crippen LogP contribution in [0, 0.1) is 29.6 Å². The average molecular weight is 290 g/mol. The summed E-state index contributed by atoms with van der Waals surface area (Å²) in [5, 5.41) is 0. The van der Waals surface area contributed by atoms with Gasteiger partial charge in [-0.15, -0.1) is 0 Å². The summed E-state index contributed by atoms with van der Waals surface area (Å²) in [7, 11) is 0. The summed E-state index contributed by atoms with van der Waals surface area (Å²) in [4.78, 5) is 35.4. The van der Waals surface area contributed by atoms with E-state index in [9.17, 15) is 14.4 Å². The molecule has 2 fully saturated rings. The Hall–Kier alpha value is -1.91. The molecule has 5 nitrogen and oxygen atoms in total. The molecule has 21 heavy (non-hydrogen) atoms. The number of carbonyl (C=O) groups excluding carboxylic acids is 3. The predicted molar refractivity (Wildman–Crippen MR) is 72.4 cm³/mol. The molecule has 0 aromatic rings. The second kappa shape index (κ2) is 4.55. The van der Waals surface area contributed by atoms with Crippen LogP contribution in [0.2, 0.25) is 0 Å². The molecule has 0 aromatic heterocycles. The first-order valence-electron chi connectivity index (χ1n) is 7.13. The first-order valence-corrected chi connectivity index (χ1v) is 7.13. The number of allylic oxidation sites excluding steroid dienone is 3. The van der Waals surface area contributed by atoms with Gasteiger partial charge >= 0.3 is 17.9 Å². The third kappa shape index (κ3) is 1.87. The Morgan fingerprint density at radius 3 is 2.38 bits per heavy atom. The minimum Gasteiger partial charge on any atom is -0.431 e. The maximum atomic E-state index is 12.1. The van der Waals surface area contributed by atoms with Crippen LogP contribution in [0.3, 0.4) is 0 Å². The molecule has 112 valence electrons. The summed E-state index contributed by atoms with van der Waals surface area (Å²) in [6, 6.07) is 0. The molecule has 0 N–H and O–H groups in total. The van der Waals surface area contributed by atoms with Crippen molar-refractivity contribution >= 4 is 17.9 Å². The van der Waals surface area contributed by atoms with Crippen LogP contribution >= 0.6 is 0 Å². The third-order valence-electron chi connectivity index (χ3n) is 5.03. The highest BCUT2D eigenvalue weighted by Gasteiger charge is 2.62. The summed E-state index contributed by atoms with van der Waals surface area (Å²) in [6.07, 6.45) is 0.750. The van der Waals surface area contributed by atoms with Crippen LogP contribution < -0.4 is 0 Å². The Balaban J connectivity index is 2.12. The zero-order valence-corrected chi connectivity index (χ0v) is 12.3. The van der Waals surface area contributed by atoms with Gasteiger partial charge in [0.05, 0.1) is 11.8 Å². The quantitative estimate of drug-likeness (QED) is 0.442. The lowest BCUT2D eigenvalue weighted by Crippen LogP contribution is -2.48. The molecule has 0 amide bonds. The molecule has 1 saturated carbocycles. The normalized spacial score (nSPS) is 37.4. The van der Waals surface area contributed by atoms with Crippen LogP contribution in [0.1, 0.15) is 27.2 Å². The minimum atomic E-state index is -0.545. The van der Waals surface area contributed by atoms with Crippen LogP contribution in [-0.2, 0) is 23.9 Å². The molecule has 3 aliphatic carbocycles. The summed E-state index contributed by atoms with van der Waals surface area (Å²) < 4.78 is 10.2. The molecule has 5 atom stereocenters. The summed E-state index contributed by atoms with van der Waals surface area (Å²) >= 11 is 0. The van der Waals surface area contributed by atoms with Gasteiger partial charge in [-0.05, 0) is 37.7 Å². The Kier molecular flexibility index (Phi) is 3.04. The van der Waals surface area contributed by atoms with Crippen LogP contribution in [0.25, 0.3) is 0 Å². The molecule has 5 heteroatoms. The lowest BCUT2D eigenvalue weighted by Gasteiger charge is -2.48. The SMILES string of the molecule is C=C(C)C1CC2C(C)=C(OC(C)=O)C1C1C(=O)OC(=O)C21. The number of carbonyl (C=O) groups is 3. The molecule has 1 aliphatic heterocycles. The van der Waals surface area contributed by atoms with Crippen molar-refractivity contribution in [2.24, 2.45) is 29.6 Å². The molecule has 0 radical (unpaired) electrons. The highest BCUT2D eigenvalue weighted by molar-refractivity contribution is 5.98. The number of esters is 3. The van der Waals surface area contributed by atoms with E-state index < -0.39 is 29.7 Å². The van der Waals surface area contributed by atoms with Crippen molar-refractivity contribution in [3.63, 3.8) is 0 Å². The standard InChI is InChI=1S/C16H18O5/c1-6(2)9-5-10-7(3)14(20-8(4)17)11(9)13-12(10)15(18)21-16(13)19/h9-13H,1,5H2,2-4H3. The highest BCUT2D eigenvalue weighted by atomic mass is 16.6. The van der Waals surface area contributed by atoms with Crippen LogP contribution in [0.15, 0.2) is 23.5 Å². The van der Waals surface area contributed by atoms with Crippen molar-refractivity contribution in [1.29, 1.82) is 0 Å². The van der Waals surface area contributed by atoms with Crippen LogP contribution in [0.4, 0.5) is 0 Å². The van der Waals surface area contributed by atoms with E-state index in [0.717, 1.165) is 17.6 Å². The van der Waals surface area contributed by atoms with Crippen molar-refractivity contribution in [2.75, 3.05) is 0 Å². The molecule has 1 saturated heterocycles. The van der Waals surface area contributed by atoms with Gasteiger partial charge in [0, 0.05) is 12.8 Å². The topological polar surface area (TPSA) is 69.7 Å². The van der Waals surface area contributed by atoms with E-state index in [-0.39, 0.29) is 17.8 Å². The third-order valence-corrected chi connectivity index (χ3v) is 5.03. The van der Waals surface area contributed by atoms with Gasteiger partial charge in [-0.2, -0.15) is 0 Å². The van der Waals surface area contributed by atoms with E-state index in [1.165, 1.54) is 6.92 Å². The molecular formula is C16H18O5. The number of fused-ring (bicyclic) bond motifs is 1. The Bertz CT molecular complexity index is 600. The zero-order chi connectivity index (χ0) is 15.5. The Labute approximate surface area is 123 Å². The fourth-order valence-electron chi connectivity index (χ4n) is 4.18. The fraction of sp³-hybridized carbons (Fsp3) is 0.562. The van der Waals surface area contributed by atoms with Crippen LogP contribution in [0.5, 0.6) is 0 Å². The molecule has 4 rings (SSSR count). The molecule has 1 heterocycles. The van der Waals surface area contributed by atoms with Gasteiger partial charge in [0.1, 0.15) is 5.76 Å². The van der Waals surface area contributed by atoms with Crippen molar-refractivity contribution in [2.45, 2.75) is 27.2 Å². The van der Waals surface area contributed by atoms with E-state index in [2.05, 4.69) is 6.58 Å². The maximum Gasteiger partial charge on any atom is 0.318 e. The van der Waals surface area contributed by atoms with Crippen molar-refractivity contribution < 1.29 is 23.9 Å². The molecule has 0 aromatic carbocycles. The van der Waals surface area contributed by atoms with Crippen molar-refractivity contribution in [1.82, 2.24) is 0 Å². The number of hydrogen-bond donors (Lipinski definition) is 0. The molecule has 4 aliphatic rings. The van der Waals surface area contributed by atoms with Gasteiger partial charge in [0.15, 0.2) is 0 Å². The van der Waals surface area contributed by atoms with E-state index >= 15 is 0 Å². The van der Waals surface area contributed by atoms with Gasteiger partial charge in [0.25, 0.3) is 0 Å². The number of rotatable bonds is 2. The van der Waals surface area contributed by atoms with E-state index in [1.807, 2.05) is 13.8 Å². The number of cyclic esters (lactones) is 2. The first kappa shape index (κ1) is 14.0. The van der Waals surface area contributed by atoms with Gasteiger partial charge in [-0.25, -0.2) is 0 Å². The van der Waals surface area contributed by atoms with Crippen molar-refractivity contribution in [3.8, 4) is 0 Å².